The zero-order chi connectivity index (χ0) is 8.81. The molecule has 1 unspecified atom stereocenters. The molecule has 0 radical (unpaired) electrons. The lowest BCUT2D eigenvalue weighted by Gasteiger charge is -2.12. The fourth-order valence-corrected chi connectivity index (χ4v) is 1.25. The topological polar surface area (TPSA) is 50.4 Å². The number of rotatable bonds is 2. The molecule has 0 amide bonds. The molecule has 0 aromatic heterocycles. The third-order valence-electron chi connectivity index (χ3n) is 1.87. The highest BCUT2D eigenvalue weighted by atomic mass is 16.5. The van der Waals surface area contributed by atoms with Crippen molar-refractivity contribution in [2.75, 3.05) is 26.2 Å². The van der Waals surface area contributed by atoms with E-state index in [4.69, 9.17) is 4.74 Å². The van der Waals surface area contributed by atoms with Gasteiger partial charge >= 0.3 is 5.97 Å². The first kappa shape index (κ1) is 9.48. The molecular formula is C8H16N2O2. The molecule has 1 rings (SSSR count). The molecule has 4 heteroatoms. The number of hydrogen-bond acceptors (Lipinski definition) is 4. The van der Waals surface area contributed by atoms with Crippen LogP contribution in [0.25, 0.3) is 0 Å². The fraction of sp³-hybridized carbons (Fsp3) is 0.875. The highest BCUT2D eigenvalue weighted by Crippen LogP contribution is 1.96. The standard InChI is InChI=1S/C8H16N2O2/c1-2-12-8(11)7-3-4-9-5-6-10-7/h7,9-10H,2-6H2,1H3. The summed E-state index contributed by atoms with van der Waals surface area (Å²) in [5, 5.41) is 6.33. The average Bonchev–Trinajstić information content (AvgIpc) is 2.32. The number of hydrogen-bond donors (Lipinski definition) is 2. The van der Waals surface area contributed by atoms with Gasteiger partial charge in [-0.1, -0.05) is 0 Å². The first-order valence-electron chi connectivity index (χ1n) is 4.45. The van der Waals surface area contributed by atoms with Gasteiger partial charge in [-0.15, -0.1) is 0 Å². The Morgan fingerprint density at radius 3 is 3.08 bits per heavy atom. The molecule has 0 aromatic carbocycles. The van der Waals surface area contributed by atoms with Crippen molar-refractivity contribution in [1.82, 2.24) is 10.6 Å². The van der Waals surface area contributed by atoms with Gasteiger partial charge in [-0.3, -0.25) is 4.79 Å². The molecule has 1 saturated heterocycles. The van der Waals surface area contributed by atoms with Crippen LogP contribution in [0.3, 0.4) is 0 Å². The summed E-state index contributed by atoms with van der Waals surface area (Å²) in [7, 11) is 0. The van der Waals surface area contributed by atoms with Gasteiger partial charge < -0.3 is 15.4 Å². The van der Waals surface area contributed by atoms with E-state index in [1.807, 2.05) is 6.92 Å². The van der Waals surface area contributed by atoms with E-state index in [2.05, 4.69) is 10.6 Å². The number of esters is 1. The van der Waals surface area contributed by atoms with E-state index < -0.39 is 0 Å². The minimum Gasteiger partial charge on any atom is -0.465 e. The maximum atomic E-state index is 11.2. The van der Waals surface area contributed by atoms with Gasteiger partial charge in [0.25, 0.3) is 0 Å². The fourth-order valence-electron chi connectivity index (χ4n) is 1.25. The van der Waals surface area contributed by atoms with Gasteiger partial charge in [0.2, 0.25) is 0 Å². The minimum absolute atomic E-state index is 0.111. The first-order chi connectivity index (χ1) is 5.84. The van der Waals surface area contributed by atoms with Crippen molar-refractivity contribution < 1.29 is 9.53 Å². The highest BCUT2D eigenvalue weighted by Gasteiger charge is 2.19. The lowest BCUT2D eigenvalue weighted by Crippen LogP contribution is -2.38. The Labute approximate surface area is 72.7 Å². The van der Waals surface area contributed by atoms with Gasteiger partial charge in [0, 0.05) is 13.1 Å². The van der Waals surface area contributed by atoms with Crippen LogP contribution >= 0.6 is 0 Å². The lowest BCUT2D eigenvalue weighted by atomic mass is 10.2. The summed E-state index contributed by atoms with van der Waals surface area (Å²) in [4.78, 5) is 11.2. The highest BCUT2D eigenvalue weighted by molar-refractivity contribution is 5.75. The third kappa shape index (κ3) is 2.79. The zero-order valence-electron chi connectivity index (χ0n) is 7.43. The quantitative estimate of drug-likeness (QED) is 0.551. The molecule has 0 aliphatic carbocycles. The summed E-state index contributed by atoms with van der Waals surface area (Å²) < 4.78 is 4.91. The van der Waals surface area contributed by atoms with E-state index in [0.29, 0.717) is 6.61 Å². The SMILES string of the molecule is CCOC(=O)C1CCNCCN1. The van der Waals surface area contributed by atoms with Crippen LogP contribution in [-0.4, -0.2) is 38.3 Å². The van der Waals surface area contributed by atoms with Crippen molar-refractivity contribution >= 4 is 5.97 Å². The second-order valence-electron chi connectivity index (χ2n) is 2.80. The van der Waals surface area contributed by atoms with Crippen LogP contribution in [0.4, 0.5) is 0 Å². The van der Waals surface area contributed by atoms with Crippen LogP contribution in [0.5, 0.6) is 0 Å². The van der Waals surface area contributed by atoms with Crippen LogP contribution in [-0.2, 0) is 9.53 Å². The lowest BCUT2D eigenvalue weighted by molar-refractivity contribution is -0.145. The monoisotopic (exact) mass is 172 g/mol. The molecule has 12 heavy (non-hydrogen) atoms. The molecule has 1 fully saturated rings. The van der Waals surface area contributed by atoms with Gasteiger partial charge in [-0.05, 0) is 19.9 Å². The molecule has 2 N–H and O–H groups in total. The van der Waals surface area contributed by atoms with E-state index in [0.717, 1.165) is 26.1 Å². The molecule has 0 spiro atoms. The summed E-state index contributed by atoms with van der Waals surface area (Å²) in [6, 6.07) is -0.111. The first-order valence-corrected chi connectivity index (χ1v) is 4.45. The summed E-state index contributed by atoms with van der Waals surface area (Å²) in [6.45, 7) is 4.94. The number of ether oxygens (including phenoxy) is 1. The van der Waals surface area contributed by atoms with E-state index in [1.165, 1.54) is 0 Å². The normalized spacial score (nSPS) is 24.6. The van der Waals surface area contributed by atoms with Crippen molar-refractivity contribution in [2.45, 2.75) is 19.4 Å². The van der Waals surface area contributed by atoms with Gasteiger partial charge in [0.1, 0.15) is 6.04 Å². The summed E-state index contributed by atoms with van der Waals surface area (Å²) in [5.74, 6) is -0.124. The van der Waals surface area contributed by atoms with Gasteiger partial charge in [0.15, 0.2) is 0 Å². The van der Waals surface area contributed by atoms with Crippen LogP contribution in [0.15, 0.2) is 0 Å². The van der Waals surface area contributed by atoms with Gasteiger partial charge in [0.05, 0.1) is 6.61 Å². The Morgan fingerprint density at radius 1 is 1.50 bits per heavy atom. The second kappa shape index (κ2) is 5.11. The molecular weight excluding hydrogens is 156 g/mol. The Morgan fingerprint density at radius 2 is 2.33 bits per heavy atom. The molecule has 4 nitrogen and oxygen atoms in total. The molecule has 0 saturated carbocycles. The molecule has 1 aliphatic heterocycles. The number of carbonyl (C=O) groups is 1. The van der Waals surface area contributed by atoms with Crippen molar-refractivity contribution in [3.63, 3.8) is 0 Å². The predicted octanol–water partition coefficient (Wildman–Crippen LogP) is -0.499. The second-order valence-corrected chi connectivity index (χ2v) is 2.80. The van der Waals surface area contributed by atoms with Crippen LogP contribution < -0.4 is 10.6 Å². The van der Waals surface area contributed by atoms with Crippen molar-refractivity contribution in [2.24, 2.45) is 0 Å². The molecule has 1 aliphatic rings. The van der Waals surface area contributed by atoms with Crippen LogP contribution in [0, 0.1) is 0 Å². The minimum atomic E-state index is -0.124. The smallest absolute Gasteiger partial charge is 0.323 e. The number of carbonyl (C=O) groups excluding carboxylic acids is 1. The molecule has 0 aromatic rings. The zero-order valence-corrected chi connectivity index (χ0v) is 7.43. The third-order valence-corrected chi connectivity index (χ3v) is 1.87. The molecule has 70 valence electrons. The predicted molar refractivity (Wildman–Crippen MR) is 45.9 cm³/mol. The number of nitrogens with one attached hydrogen (secondary N) is 2. The van der Waals surface area contributed by atoms with Crippen molar-refractivity contribution in [3.8, 4) is 0 Å². The van der Waals surface area contributed by atoms with Gasteiger partial charge in [-0.25, -0.2) is 0 Å². The maximum Gasteiger partial charge on any atom is 0.323 e. The summed E-state index contributed by atoms with van der Waals surface area (Å²) >= 11 is 0. The summed E-state index contributed by atoms with van der Waals surface area (Å²) in [6.07, 6.45) is 0.818. The Balaban J connectivity index is 2.32. The molecule has 0 bridgehead atoms. The Bertz CT molecular complexity index is 142. The Kier molecular flexibility index (Phi) is 4.04. The largest absolute Gasteiger partial charge is 0.465 e. The van der Waals surface area contributed by atoms with E-state index in [9.17, 15) is 4.79 Å². The van der Waals surface area contributed by atoms with Crippen molar-refractivity contribution in [3.05, 3.63) is 0 Å². The van der Waals surface area contributed by atoms with E-state index in [-0.39, 0.29) is 12.0 Å². The van der Waals surface area contributed by atoms with Crippen molar-refractivity contribution in [1.29, 1.82) is 0 Å². The maximum absolute atomic E-state index is 11.2. The average molecular weight is 172 g/mol. The van der Waals surface area contributed by atoms with E-state index >= 15 is 0 Å². The van der Waals surface area contributed by atoms with Crippen LogP contribution in [0.2, 0.25) is 0 Å². The van der Waals surface area contributed by atoms with Crippen LogP contribution in [0.1, 0.15) is 13.3 Å². The summed E-state index contributed by atoms with van der Waals surface area (Å²) in [5.41, 5.74) is 0. The van der Waals surface area contributed by atoms with Gasteiger partial charge in [-0.2, -0.15) is 0 Å². The molecule has 1 atom stereocenters. The molecule has 1 heterocycles. The van der Waals surface area contributed by atoms with E-state index in [1.54, 1.807) is 0 Å². The Hall–Kier alpha value is -0.610.